The number of nitrogens with zero attached hydrogens (tertiary/aromatic N) is 1. The number of hydrazine groups is 1. The number of benzene rings is 1. The third-order valence-corrected chi connectivity index (χ3v) is 4.00. The summed E-state index contributed by atoms with van der Waals surface area (Å²) in [4.78, 5) is 11.9. The highest BCUT2D eigenvalue weighted by molar-refractivity contribution is 6.30. The van der Waals surface area contributed by atoms with E-state index in [1.807, 2.05) is 0 Å². The molecule has 1 aromatic carbocycles. The molecular formula is C15H22ClN3O. The zero-order chi connectivity index (χ0) is 14.5. The fourth-order valence-corrected chi connectivity index (χ4v) is 2.76. The van der Waals surface area contributed by atoms with Crippen LogP contribution in [0.25, 0.3) is 0 Å². The van der Waals surface area contributed by atoms with Crippen LogP contribution < -0.4 is 10.7 Å². The van der Waals surface area contributed by atoms with E-state index in [0.29, 0.717) is 17.1 Å². The standard InChI is InChI=1S/C15H22ClN3O/c1-11-4-3-5-12(2)19(11)17-10-15(20)18-14-8-6-13(16)7-9-14/h6-9,11-12,17H,3-5,10H2,1-2H3,(H,18,20). The van der Waals surface area contributed by atoms with Crippen LogP contribution in [0.2, 0.25) is 5.02 Å². The maximum absolute atomic E-state index is 11.9. The molecule has 0 aromatic heterocycles. The van der Waals surface area contributed by atoms with Gasteiger partial charge < -0.3 is 5.32 Å². The average Bonchev–Trinajstić information content (AvgIpc) is 2.41. The molecule has 0 aliphatic carbocycles. The number of nitrogens with one attached hydrogen (secondary N) is 2. The van der Waals surface area contributed by atoms with Crippen LogP contribution >= 0.6 is 11.6 Å². The molecule has 5 heteroatoms. The molecule has 2 unspecified atom stereocenters. The fourth-order valence-electron chi connectivity index (χ4n) is 2.63. The lowest BCUT2D eigenvalue weighted by Crippen LogP contribution is -2.53. The summed E-state index contributed by atoms with van der Waals surface area (Å²) in [5.41, 5.74) is 4.01. The van der Waals surface area contributed by atoms with Crippen LogP contribution in [0.5, 0.6) is 0 Å². The van der Waals surface area contributed by atoms with Crippen molar-refractivity contribution < 1.29 is 4.79 Å². The Labute approximate surface area is 125 Å². The van der Waals surface area contributed by atoms with Gasteiger partial charge in [-0.25, -0.2) is 10.4 Å². The smallest absolute Gasteiger partial charge is 0.239 e. The molecule has 1 heterocycles. The van der Waals surface area contributed by atoms with Crippen molar-refractivity contribution in [2.24, 2.45) is 0 Å². The summed E-state index contributed by atoms with van der Waals surface area (Å²) in [6.45, 7) is 4.68. The van der Waals surface area contributed by atoms with Crippen LogP contribution in [-0.4, -0.2) is 29.5 Å². The first-order valence-corrected chi connectivity index (χ1v) is 7.51. The lowest BCUT2D eigenvalue weighted by atomic mass is 10.00. The van der Waals surface area contributed by atoms with Crippen LogP contribution in [0.1, 0.15) is 33.1 Å². The van der Waals surface area contributed by atoms with Crippen LogP contribution in [0.4, 0.5) is 5.69 Å². The van der Waals surface area contributed by atoms with Crippen molar-refractivity contribution in [1.29, 1.82) is 0 Å². The molecule has 1 amide bonds. The number of carbonyl (C=O) groups is 1. The van der Waals surface area contributed by atoms with Gasteiger partial charge in [-0.15, -0.1) is 0 Å². The molecule has 1 fully saturated rings. The minimum atomic E-state index is -0.0442. The van der Waals surface area contributed by atoms with Crippen molar-refractivity contribution in [2.75, 3.05) is 11.9 Å². The second kappa shape index (κ2) is 7.07. The quantitative estimate of drug-likeness (QED) is 0.897. The van der Waals surface area contributed by atoms with E-state index in [1.54, 1.807) is 24.3 Å². The lowest BCUT2D eigenvalue weighted by molar-refractivity contribution is -0.117. The summed E-state index contributed by atoms with van der Waals surface area (Å²) in [7, 11) is 0. The van der Waals surface area contributed by atoms with Gasteiger partial charge in [0.15, 0.2) is 0 Å². The number of amides is 1. The second-order valence-corrected chi connectivity index (χ2v) is 5.86. The summed E-state index contributed by atoms with van der Waals surface area (Å²) in [6, 6.07) is 8.07. The first kappa shape index (κ1) is 15.3. The zero-order valence-corrected chi connectivity index (χ0v) is 12.8. The van der Waals surface area contributed by atoms with Crippen molar-refractivity contribution in [3.05, 3.63) is 29.3 Å². The van der Waals surface area contributed by atoms with Gasteiger partial charge in [0, 0.05) is 22.8 Å². The summed E-state index contributed by atoms with van der Waals surface area (Å²) in [6.07, 6.45) is 3.61. The highest BCUT2D eigenvalue weighted by atomic mass is 35.5. The minimum absolute atomic E-state index is 0.0442. The van der Waals surface area contributed by atoms with Gasteiger partial charge in [0.2, 0.25) is 5.91 Å². The van der Waals surface area contributed by atoms with Crippen LogP contribution in [0.15, 0.2) is 24.3 Å². The Morgan fingerprint density at radius 3 is 2.45 bits per heavy atom. The van der Waals surface area contributed by atoms with Crippen molar-refractivity contribution in [1.82, 2.24) is 10.4 Å². The summed E-state index contributed by atoms with van der Waals surface area (Å²) in [5, 5.41) is 5.71. The van der Waals surface area contributed by atoms with Gasteiger partial charge in [0.05, 0.1) is 6.54 Å². The normalized spacial score (nSPS) is 23.6. The molecule has 4 nitrogen and oxygen atoms in total. The monoisotopic (exact) mass is 295 g/mol. The number of piperidine rings is 1. The first-order valence-electron chi connectivity index (χ1n) is 7.13. The Hall–Kier alpha value is -1.10. The average molecular weight is 296 g/mol. The van der Waals surface area contributed by atoms with Gasteiger partial charge in [-0.1, -0.05) is 18.0 Å². The molecule has 0 saturated carbocycles. The molecule has 2 rings (SSSR count). The van der Waals surface area contributed by atoms with Gasteiger partial charge in [0.25, 0.3) is 0 Å². The summed E-state index contributed by atoms with van der Waals surface area (Å²) in [5.74, 6) is -0.0442. The van der Waals surface area contributed by atoms with E-state index in [1.165, 1.54) is 19.3 Å². The van der Waals surface area contributed by atoms with Crippen LogP contribution in [0.3, 0.4) is 0 Å². The van der Waals surface area contributed by atoms with E-state index in [2.05, 4.69) is 29.6 Å². The molecule has 1 aliphatic heterocycles. The van der Waals surface area contributed by atoms with Gasteiger partial charge in [-0.05, 0) is 51.0 Å². The summed E-state index contributed by atoms with van der Waals surface area (Å²) >= 11 is 5.81. The molecule has 2 atom stereocenters. The number of halogens is 1. The van der Waals surface area contributed by atoms with Crippen molar-refractivity contribution in [3.63, 3.8) is 0 Å². The molecule has 1 saturated heterocycles. The van der Waals surface area contributed by atoms with Crippen LogP contribution in [-0.2, 0) is 4.79 Å². The fraction of sp³-hybridized carbons (Fsp3) is 0.533. The highest BCUT2D eigenvalue weighted by Gasteiger charge is 2.24. The molecule has 2 N–H and O–H groups in total. The zero-order valence-electron chi connectivity index (χ0n) is 12.0. The molecule has 0 radical (unpaired) electrons. The van der Waals surface area contributed by atoms with Crippen LogP contribution in [0, 0.1) is 0 Å². The second-order valence-electron chi connectivity index (χ2n) is 5.43. The largest absolute Gasteiger partial charge is 0.325 e. The Morgan fingerprint density at radius 1 is 1.25 bits per heavy atom. The van der Waals surface area contributed by atoms with Gasteiger partial charge in [-0.3, -0.25) is 4.79 Å². The van der Waals surface area contributed by atoms with E-state index >= 15 is 0 Å². The van der Waals surface area contributed by atoms with Crippen molar-refractivity contribution >= 4 is 23.2 Å². The topological polar surface area (TPSA) is 44.4 Å². The SMILES string of the molecule is CC1CCCC(C)N1NCC(=O)Nc1ccc(Cl)cc1. The van der Waals surface area contributed by atoms with E-state index < -0.39 is 0 Å². The third-order valence-electron chi connectivity index (χ3n) is 3.74. The number of anilines is 1. The first-order chi connectivity index (χ1) is 9.56. The van der Waals surface area contributed by atoms with Crippen molar-refractivity contribution in [2.45, 2.75) is 45.2 Å². The predicted octanol–water partition coefficient (Wildman–Crippen LogP) is 3.05. The van der Waals surface area contributed by atoms with Gasteiger partial charge in [-0.2, -0.15) is 0 Å². The Bertz CT molecular complexity index is 439. The van der Waals surface area contributed by atoms with Crippen molar-refractivity contribution in [3.8, 4) is 0 Å². The maximum atomic E-state index is 11.9. The maximum Gasteiger partial charge on any atom is 0.239 e. The van der Waals surface area contributed by atoms with E-state index in [9.17, 15) is 4.79 Å². The molecule has 1 aliphatic rings. The van der Waals surface area contributed by atoms with E-state index in [0.717, 1.165) is 5.69 Å². The number of hydrogen-bond donors (Lipinski definition) is 2. The highest BCUT2D eigenvalue weighted by Crippen LogP contribution is 2.20. The number of hydrogen-bond acceptors (Lipinski definition) is 3. The molecule has 20 heavy (non-hydrogen) atoms. The molecule has 0 spiro atoms. The van der Waals surface area contributed by atoms with E-state index in [4.69, 9.17) is 11.6 Å². The molecule has 1 aromatic rings. The predicted molar refractivity (Wildman–Crippen MR) is 82.7 cm³/mol. The number of carbonyl (C=O) groups excluding carboxylic acids is 1. The Kier molecular flexibility index (Phi) is 5.40. The molecular weight excluding hydrogens is 274 g/mol. The molecule has 0 bridgehead atoms. The third kappa shape index (κ3) is 4.20. The van der Waals surface area contributed by atoms with Gasteiger partial charge in [0.1, 0.15) is 0 Å². The van der Waals surface area contributed by atoms with Gasteiger partial charge >= 0.3 is 0 Å². The molecule has 110 valence electrons. The number of rotatable bonds is 4. The Morgan fingerprint density at radius 2 is 1.85 bits per heavy atom. The lowest BCUT2D eigenvalue weighted by Gasteiger charge is -2.38. The Balaban J connectivity index is 1.81. The summed E-state index contributed by atoms with van der Waals surface area (Å²) < 4.78 is 0. The minimum Gasteiger partial charge on any atom is -0.325 e. The van der Waals surface area contributed by atoms with E-state index in [-0.39, 0.29) is 12.5 Å².